The molecule has 2 aromatic carbocycles. The van der Waals surface area contributed by atoms with Gasteiger partial charge >= 0.3 is 5.97 Å². The van der Waals surface area contributed by atoms with Gasteiger partial charge in [0.25, 0.3) is 5.91 Å². The van der Waals surface area contributed by atoms with Crippen LogP contribution in [0.4, 0.5) is 5.13 Å². The van der Waals surface area contributed by atoms with Crippen LogP contribution in [0.1, 0.15) is 17.3 Å². The van der Waals surface area contributed by atoms with Crippen molar-refractivity contribution in [3.8, 4) is 17.1 Å². The number of nitrogens with zero attached hydrogens (tertiary/aromatic N) is 2. The maximum Gasteiger partial charge on any atom is 0.338 e. The number of nitrogens with one attached hydrogen (secondary N) is 2. The summed E-state index contributed by atoms with van der Waals surface area (Å²) < 4.78 is 10.5. The molecular formula is C21H18N4O4S. The highest BCUT2D eigenvalue weighted by molar-refractivity contribution is 7.13. The van der Waals surface area contributed by atoms with Crippen LogP contribution in [-0.2, 0) is 9.53 Å². The van der Waals surface area contributed by atoms with E-state index in [1.54, 1.807) is 36.9 Å². The van der Waals surface area contributed by atoms with E-state index in [9.17, 15) is 9.59 Å². The number of H-pyrrole nitrogens is 1. The first kappa shape index (κ1) is 19.6. The van der Waals surface area contributed by atoms with E-state index in [4.69, 9.17) is 9.47 Å². The third-order valence-electron chi connectivity index (χ3n) is 4.40. The SMILES string of the molecule is COc1ccc(-c2nc3ccc(C(=O)OC(C)C(=O)Nc4nccs4)cc3[nH]2)cc1. The molecule has 4 rings (SSSR count). The van der Waals surface area contributed by atoms with Gasteiger partial charge in [-0.05, 0) is 49.4 Å². The predicted molar refractivity (Wildman–Crippen MR) is 114 cm³/mol. The van der Waals surface area contributed by atoms with Crippen molar-refractivity contribution in [2.75, 3.05) is 12.4 Å². The lowest BCUT2D eigenvalue weighted by Crippen LogP contribution is -2.29. The molecule has 0 saturated carbocycles. The highest BCUT2D eigenvalue weighted by Crippen LogP contribution is 2.24. The van der Waals surface area contributed by atoms with Gasteiger partial charge in [-0.3, -0.25) is 10.1 Å². The van der Waals surface area contributed by atoms with Gasteiger partial charge in [-0.1, -0.05) is 0 Å². The Balaban J connectivity index is 1.48. The van der Waals surface area contributed by atoms with Crippen molar-refractivity contribution < 1.29 is 19.1 Å². The summed E-state index contributed by atoms with van der Waals surface area (Å²) in [6.07, 6.45) is 0.616. The Labute approximate surface area is 175 Å². The van der Waals surface area contributed by atoms with Crippen LogP contribution in [-0.4, -0.2) is 40.0 Å². The lowest BCUT2D eigenvalue weighted by molar-refractivity contribution is -0.123. The van der Waals surface area contributed by atoms with Gasteiger partial charge in [-0.2, -0.15) is 0 Å². The van der Waals surface area contributed by atoms with Crippen molar-refractivity contribution in [2.45, 2.75) is 13.0 Å². The Kier molecular flexibility index (Phi) is 5.44. The maximum atomic E-state index is 12.5. The zero-order valence-electron chi connectivity index (χ0n) is 16.2. The minimum Gasteiger partial charge on any atom is -0.497 e. The average molecular weight is 422 g/mol. The van der Waals surface area contributed by atoms with Crippen molar-refractivity contribution in [1.29, 1.82) is 0 Å². The molecule has 0 bridgehead atoms. The largest absolute Gasteiger partial charge is 0.497 e. The van der Waals surface area contributed by atoms with E-state index in [0.717, 1.165) is 11.3 Å². The minimum absolute atomic E-state index is 0.321. The van der Waals surface area contributed by atoms with Crippen molar-refractivity contribution in [1.82, 2.24) is 15.0 Å². The van der Waals surface area contributed by atoms with E-state index < -0.39 is 18.0 Å². The lowest BCUT2D eigenvalue weighted by atomic mass is 10.2. The molecule has 4 aromatic rings. The number of anilines is 1. The first-order valence-corrected chi connectivity index (χ1v) is 9.97. The van der Waals surface area contributed by atoms with Crippen molar-refractivity contribution in [2.24, 2.45) is 0 Å². The number of methoxy groups -OCH3 is 1. The van der Waals surface area contributed by atoms with E-state index in [-0.39, 0.29) is 0 Å². The van der Waals surface area contributed by atoms with Gasteiger partial charge in [0.05, 0.1) is 23.7 Å². The summed E-state index contributed by atoms with van der Waals surface area (Å²) in [7, 11) is 1.61. The van der Waals surface area contributed by atoms with Gasteiger partial charge in [-0.15, -0.1) is 11.3 Å². The number of carbonyl (C=O) groups is 2. The number of ether oxygens (including phenoxy) is 2. The van der Waals surface area contributed by atoms with Crippen molar-refractivity contribution in [3.05, 3.63) is 59.6 Å². The molecule has 2 aromatic heterocycles. The number of hydrogen-bond acceptors (Lipinski definition) is 7. The molecule has 0 spiro atoms. The Morgan fingerprint density at radius 3 is 2.67 bits per heavy atom. The molecule has 30 heavy (non-hydrogen) atoms. The maximum absolute atomic E-state index is 12.5. The Hall–Kier alpha value is -3.72. The van der Waals surface area contributed by atoms with Gasteiger partial charge in [-0.25, -0.2) is 14.8 Å². The lowest BCUT2D eigenvalue weighted by Gasteiger charge is -2.12. The topological polar surface area (TPSA) is 106 Å². The van der Waals surface area contributed by atoms with Crippen molar-refractivity contribution >= 4 is 39.4 Å². The van der Waals surface area contributed by atoms with Gasteiger partial charge in [0, 0.05) is 17.1 Å². The fourth-order valence-corrected chi connectivity index (χ4v) is 3.33. The normalized spacial score (nSPS) is 11.8. The molecule has 1 amide bonds. The van der Waals surface area contributed by atoms with Gasteiger partial charge in [0.15, 0.2) is 11.2 Å². The number of aromatic nitrogens is 3. The number of esters is 1. The van der Waals surface area contributed by atoms with Crippen LogP contribution < -0.4 is 10.1 Å². The van der Waals surface area contributed by atoms with Gasteiger partial charge in [0.2, 0.25) is 0 Å². The number of hydrogen-bond donors (Lipinski definition) is 2. The second-order valence-corrected chi connectivity index (χ2v) is 7.31. The number of benzene rings is 2. The molecule has 8 nitrogen and oxygen atoms in total. The molecular weight excluding hydrogens is 404 g/mol. The first-order valence-electron chi connectivity index (χ1n) is 9.09. The molecule has 0 saturated heterocycles. The van der Waals surface area contributed by atoms with Gasteiger partial charge in [0.1, 0.15) is 11.6 Å². The van der Waals surface area contributed by atoms with Crippen LogP contribution >= 0.6 is 11.3 Å². The summed E-state index contributed by atoms with van der Waals surface area (Å²) in [5.41, 5.74) is 2.62. The number of carbonyl (C=O) groups excluding carboxylic acids is 2. The summed E-state index contributed by atoms with van der Waals surface area (Å²) in [6, 6.07) is 12.5. The minimum atomic E-state index is -0.964. The number of thiazole rings is 1. The number of imidazole rings is 1. The van der Waals surface area contributed by atoms with E-state index in [1.807, 2.05) is 24.3 Å². The molecule has 152 valence electrons. The quantitative estimate of drug-likeness (QED) is 0.457. The zero-order chi connectivity index (χ0) is 21.1. The van der Waals surface area contributed by atoms with Crippen LogP contribution in [0.3, 0.4) is 0 Å². The molecule has 1 unspecified atom stereocenters. The highest BCUT2D eigenvalue weighted by Gasteiger charge is 2.20. The Bertz CT molecular complexity index is 1190. The molecule has 1 atom stereocenters. The Morgan fingerprint density at radius 1 is 1.17 bits per heavy atom. The number of rotatable bonds is 6. The van der Waals surface area contributed by atoms with Crippen LogP contribution in [0, 0.1) is 0 Å². The third-order valence-corrected chi connectivity index (χ3v) is 5.09. The third kappa shape index (κ3) is 4.15. The van der Waals surface area contributed by atoms with Gasteiger partial charge < -0.3 is 14.5 Å². The summed E-state index contributed by atoms with van der Waals surface area (Å²) >= 11 is 1.29. The van der Waals surface area contributed by atoms with Crippen LogP contribution in [0.15, 0.2) is 54.0 Å². The van der Waals surface area contributed by atoms with Crippen LogP contribution in [0.25, 0.3) is 22.4 Å². The predicted octanol–water partition coefficient (Wildman–Crippen LogP) is 3.88. The average Bonchev–Trinajstić information content (AvgIpc) is 3.42. The monoisotopic (exact) mass is 422 g/mol. The molecule has 0 aliphatic carbocycles. The van der Waals surface area contributed by atoms with E-state index in [0.29, 0.717) is 27.6 Å². The van der Waals surface area contributed by atoms with Crippen molar-refractivity contribution in [3.63, 3.8) is 0 Å². The summed E-state index contributed by atoms with van der Waals surface area (Å²) in [6.45, 7) is 1.51. The molecule has 9 heteroatoms. The molecule has 0 radical (unpaired) electrons. The fourth-order valence-electron chi connectivity index (χ4n) is 2.80. The molecule has 0 aliphatic heterocycles. The highest BCUT2D eigenvalue weighted by atomic mass is 32.1. The number of amides is 1. The molecule has 2 N–H and O–H groups in total. The standard InChI is InChI=1S/C21H18N4O4S/c1-12(19(26)25-21-22-9-10-30-21)29-20(27)14-5-8-16-17(11-14)24-18(23-16)13-3-6-15(28-2)7-4-13/h3-12H,1-2H3,(H,23,24)(H,22,25,26). The first-order chi connectivity index (χ1) is 14.5. The number of fused-ring (bicyclic) bond motifs is 1. The summed E-state index contributed by atoms with van der Waals surface area (Å²) in [5, 5.41) is 4.80. The Morgan fingerprint density at radius 2 is 1.97 bits per heavy atom. The smallest absolute Gasteiger partial charge is 0.338 e. The van der Waals surface area contributed by atoms with E-state index >= 15 is 0 Å². The van der Waals surface area contributed by atoms with E-state index in [2.05, 4.69) is 20.3 Å². The second kappa shape index (κ2) is 8.34. The summed E-state index contributed by atoms with van der Waals surface area (Å²) in [5.74, 6) is 0.393. The molecule has 2 heterocycles. The second-order valence-electron chi connectivity index (χ2n) is 6.42. The van der Waals surface area contributed by atoms with Crippen LogP contribution in [0.5, 0.6) is 5.75 Å². The zero-order valence-corrected chi connectivity index (χ0v) is 17.0. The van der Waals surface area contributed by atoms with Crippen LogP contribution in [0.2, 0.25) is 0 Å². The molecule has 0 aliphatic rings. The molecule has 0 fully saturated rings. The fraction of sp³-hybridized carbons (Fsp3) is 0.143. The van der Waals surface area contributed by atoms with E-state index in [1.165, 1.54) is 18.3 Å². The summed E-state index contributed by atoms with van der Waals surface area (Å²) in [4.78, 5) is 36.4. The number of aromatic amines is 1.